The van der Waals surface area contributed by atoms with E-state index in [0.29, 0.717) is 16.8 Å². The van der Waals surface area contributed by atoms with Gasteiger partial charge in [-0.2, -0.15) is 5.10 Å². The topological polar surface area (TPSA) is 107 Å². The SMILES string of the molecule is NS(=O)(=O)c1ccc(Br)c(C(=O)Nc2ccnn2Cc2ccccc2)c1. The van der Waals surface area contributed by atoms with Crippen LogP contribution in [0.3, 0.4) is 0 Å². The second-order valence-corrected chi connectivity index (χ2v) is 7.92. The summed E-state index contributed by atoms with van der Waals surface area (Å²) >= 11 is 3.26. The zero-order valence-corrected chi connectivity index (χ0v) is 15.9. The van der Waals surface area contributed by atoms with Crippen molar-refractivity contribution in [3.63, 3.8) is 0 Å². The molecule has 3 N–H and O–H groups in total. The fraction of sp³-hybridized carbons (Fsp3) is 0.0588. The number of amides is 1. The Kier molecular flexibility index (Phi) is 5.21. The molecule has 2 aromatic carbocycles. The van der Waals surface area contributed by atoms with Gasteiger partial charge in [-0.3, -0.25) is 4.79 Å². The Bertz CT molecular complexity index is 1050. The maximum Gasteiger partial charge on any atom is 0.257 e. The van der Waals surface area contributed by atoms with Gasteiger partial charge in [-0.05, 0) is 39.7 Å². The number of hydrogen-bond donors (Lipinski definition) is 2. The molecule has 0 saturated carbocycles. The van der Waals surface area contributed by atoms with Gasteiger partial charge in [0.05, 0.1) is 23.2 Å². The van der Waals surface area contributed by atoms with Crippen molar-refractivity contribution < 1.29 is 13.2 Å². The molecule has 0 atom stereocenters. The molecule has 1 aromatic heterocycles. The van der Waals surface area contributed by atoms with E-state index < -0.39 is 15.9 Å². The number of nitrogens with one attached hydrogen (secondary N) is 1. The number of sulfonamides is 1. The second kappa shape index (κ2) is 7.40. The van der Waals surface area contributed by atoms with Crippen molar-refractivity contribution in [2.75, 3.05) is 5.32 Å². The van der Waals surface area contributed by atoms with Crippen LogP contribution in [0.5, 0.6) is 0 Å². The van der Waals surface area contributed by atoms with Crippen LogP contribution in [0.4, 0.5) is 5.82 Å². The summed E-state index contributed by atoms with van der Waals surface area (Å²) in [4.78, 5) is 12.5. The highest BCUT2D eigenvalue weighted by Gasteiger charge is 2.17. The van der Waals surface area contributed by atoms with Crippen LogP contribution in [0.1, 0.15) is 15.9 Å². The van der Waals surface area contributed by atoms with Crippen LogP contribution in [0, 0.1) is 0 Å². The number of halogens is 1. The number of nitrogens with two attached hydrogens (primary N) is 1. The summed E-state index contributed by atoms with van der Waals surface area (Å²) in [6, 6.07) is 15.4. The summed E-state index contributed by atoms with van der Waals surface area (Å²) in [6.45, 7) is 0.488. The summed E-state index contributed by atoms with van der Waals surface area (Å²) in [6.07, 6.45) is 1.58. The molecule has 1 amide bonds. The van der Waals surface area contributed by atoms with Gasteiger partial charge in [0.25, 0.3) is 5.91 Å². The number of carbonyl (C=O) groups excluding carboxylic acids is 1. The highest BCUT2D eigenvalue weighted by molar-refractivity contribution is 9.10. The number of aromatic nitrogens is 2. The zero-order chi connectivity index (χ0) is 18.7. The minimum atomic E-state index is -3.90. The smallest absolute Gasteiger partial charge is 0.257 e. The van der Waals surface area contributed by atoms with Gasteiger partial charge in [-0.1, -0.05) is 30.3 Å². The third kappa shape index (κ3) is 4.18. The second-order valence-electron chi connectivity index (χ2n) is 5.50. The van der Waals surface area contributed by atoms with Crippen LogP contribution >= 0.6 is 15.9 Å². The van der Waals surface area contributed by atoms with Gasteiger partial charge in [0.2, 0.25) is 10.0 Å². The lowest BCUT2D eigenvalue weighted by molar-refractivity contribution is 0.102. The lowest BCUT2D eigenvalue weighted by atomic mass is 10.2. The molecule has 0 radical (unpaired) electrons. The van der Waals surface area contributed by atoms with Crippen LogP contribution in [-0.2, 0) is 16.6 Å². The van der Waals surface area contributed by atoms with Crippen molar-refractivity contribution in [2.24, 2.45) is 5.14 Å². The van der Waals surface area contributed by atoms with Crippen molar-refractivity contribution in [3.05, 3.63) is 76.4 Å². The summed E-state index contributed by atoms with van der Waals surface area (Å²) in [7, 11) is -3.90. The van der Waals surface area contributed by atoms with Gasteiger partial charge in [0.1, 0.15) is 5.82 Å². The first-order valence-corrected chi connectivity index (χ1v) is 9.88. The molecule has 134 valence electrons. The molecule has 3 rings (SSSR count). The number of primary sulfonamides is 1. The van der Waals surface area contributed by atoms with Crippen LogP contribution in [-0.4, -0.2) is 24.1 Å². The number of benzene rings is 2. The van der Waals surface area contributed by atoms with Crippen molar-refractivity contribution >= 4 is 37.7 Å². The Morgan fingerprint density at radius 2 is 1.88 bits per heavy atom. The van der Waals surface area contributed by atoms with E-state index in [4.69, 9.17) is 5.14 Å². The van der Waals surface area contributed by atoms with E-state index in [1.54, 1.807) is 16.9 Å². The number of nitrogens with zero attached hydrogens (tertiary/aromatic N) is 2. The Balaban J connectivity index is 1.85. The highest BCUT2D eigenvalue weighted by Crippen LogP contribution is 2.22. The number of anilines is 1. The molecule has 9 heteroatoms. The van der Waals surface area contributed by atoms with Crippen LogP contribution < -0.4 is 10.5 Å². The first-order chi connectivity index (χ1) is 12.3. The molecular formula is C17H15BrN4O3S. The maximum atomic E-state index is 12.6. The predicted molar refractivity (Wildman–Crippen MR) is 101 cm³/mol. The molecular weight excluding hydrogens is 420 g/mol. The van der Waals surface area contributed by atoms with Gasteiger partial charge in [0.15, 0.2) is 0 Å². The number of carbonyl (C=O) groups is 1. The standard InChI is InChI=1S/C17H15BrN4O3S/c18-15-7-6-13(26(19,24)25)10-14(15)17(23)21-16-8-9-20-22(16)11-12-4-2-1-3-5-12/h1-10H,11H2,(H,21,23)(H2,19,24,25). The van der Waals surface area contributed by atoms with Gasteiger partial charge in [0, 0.05) is 10.5 Å². The first-order valence-electron chi connectivity index (χ1n) is 7.54. The fourth-order valence-corrected chi connectivity index (χ4v) is 3.33. The fourth-order valence-electron chi connectivity index (χ4n) is 2.36. The zero-order valence-electron chi connectivity index (χ0n) is 13.5. The van der Waals surface area contributed by atoms with Crippen molar-refractivity contribution in [2.45, 2.75) is 11.4 Å². The molecule has 0 saturated heterocycles. The summed E-state index contributed by atoms with van der Waals surface area (Å²) < 4.78 is 25.1. The summed E-state index contributed by atoms with van der Waals surface area (Å²) in [5, 5.41) is 12.1. The van der Waals surface area contributed by atoms with Crippen molar-refractivity contribution in [3.8, 4) is 0 Å². The Hall–Kier alpha value is -2.49. The van der Waals surface area contributed by atoms with Crippen molar-refractivity contribution in [1.29, 1.82) is 0 Å². The predicted octanol–water partition coefficient (Wildman–Crippen LogP) is 2.59. The quantitative estimate of drug-likeness (QED) is 0.643. The van der Waals surface area contributed by atoms with E-state index in [-0.39, 0.29) is 10.5 Å². The van der Waals surface area contributed by atoms with Gasteiger partial charge in [-0.15, -0.1) is 0 Å². The molecule has 26 heavy (non-hydrogen) atoms. The lowest BCUT2D eigenvalue weighted by Crippen LogP contribution is -2.18. The lowest BCUT2D eigenvalue weighted by Gasteiger charge is -2.11. The molecule has 0 bridgehead atoms. The molecule has 0 aliphatic heterocycles. The van der Waals surface area contributed by atoms with Crippen molar-refractivity contribution in [1.82, 2.24) is 9.78 Å². The molecule has 0 fully saturated rings. The highest BCUT2D eigenvalue weighted by atomic mass is 79.9. The third-order valence-electron chi connectivity index (χ3n) is 3.64. The van der Waals surface area contributed by atoms with Gasteiger partial charge >= 0.3 is 0 Å². The van der Waals surface area contributed by atoms with Crippen LogP contribution in [0.2, 0.25) is 0 Å². The van der Waals surface area contributed by atoms with E-state index in [9.17, 15) is 13.2 Å². The molecule has 3 aromatic rings. The Morgan fingerprint density at radius 3 is 2.58 bits per heavy atom. The van der Waals surface area contributed by atoms with E-state index in [2.05, 4.69) is 26.3 Å². The summed E-state index contributed by atoms with van der Waals surface area (Å²) in [5.41, 5.74) is 1.19. The number of rotatable bonds is 5. The largest absolute Gasteiger partial charge is 0.307 e. The average Bonchev–Trinajstić information content (AvgIpc) is 3.02. The molecule has 0 unspecified atom stereocenters. The molecule has 1 heterocycles. The average molecular weight is 435 g/mol. The third-order valence-corrected chi connectivity index (χ3v) is 5.25. The van der Waals surface area contributed by atoms with Gasteiger partial charge in [-0.25, -0.2) is 18.2 Å². The van der Waals surface area contributed by atoms with E-state index in [1.807, 2.05) is 30.3 Å². The van der Waals surface area contributed by atoms with Crippen LogP contribution in [0.15, 0.2) is 70.2 Å². The molecule has 0 spiro atoms. The normalized spacial score (nSPS) is 11.3. The van der Waals surface area contributed by atoms with E-state index in [1.165, 1.54) is 18.2 Å². The minimum Gasteiger partial charge on any atom is -0.307 e. The molecule has 0 aliphatic rings. The Labute approximate surface area is 159 Å². The Morgan fingerprint density at radius 1 is 1.15 bits per heavy atom. The molecule has 0 aliphatic carbocycles. The van der Waals surface area contributed by atoms with E-state index in [0.717, 1.165) is 5.56 Å². The molecule has 7 nitrogen and oxygen atoms in total. The van der Waals surface area contributed by atoms with Crippen LogP contribution in [0.25, 0.3) is 0 Å². The minimum absolute atomic E-state index is 0.136. The monoisotopic (exact) mass is 434 g/mol. The first kappa shape index (κ1) is 18.3. The number of hydrogen-bond acceptors (Lipinski definition) is 4. The van der Waals surface area contributed by atoms with E-state index >= 15 is 0 Å². The van der Waals surface area contributed by atoms with Gasteiger partial charge < -0.3 is 5.32 Å². The maximum absolute atomic E-state index is 12.6. The summed E-state index contributed by atoms with van der Waals surface area (Å²) in [5.74, 6) is 0.0175.